The first-order valence-electron chi connectivity index (χ1n) is 11.6. The van der Waals surface area contributed by atoms with Crippen LogP contribution < -0.4 is 0 Å². The zero-order valence-corrected chi connectivity index (χ0v) is 19.7. The molecule has 8 rings (SSSR count). The second-order valence-corrected chi connectivity index (χ2v) is 10.7. The molecule has 1 aliphatic heterocycles. The first-order valence-corrected chi connectivity index (χ1v) is 12.4. The Bertz CT molecular complexity index is 1400. The van der Waals surface area contributed by atoms with E-state index in [1.165, 1.54) is 0 Å². The molecule has 170 valence electrons. The summed E-state index contributed by atoms with van der Waals surface area (Å²) >= 11 is 12.3. The van der Waals surface area contributed by atoms with Gasteiger partial charge >= 0.3 is 0 Å². The quantitative estimate of drug-likeness (QED) is 0.280. The Morgan fingerprint density at radius 1 is 0.941 bits per heavy atom. The number of para-hydroxylation sites is 1. The van der Waals surface area contributed by atoms with E-state index < -0.39 is 0 Å². The van der Waals surface area contributed by atoms with Crippen molar-refractivity contribution in [3.63, 3.8) is 0 Å². The third-order valence-electron chi connectivity index (χ3n) is 8.11. The normalized spacial score (nSPS) is 31.1. The van der Waals surface area contributed by atoms with E-state index in [1.54, 1.807) is 12.3 Å². The molecule has 3 fully saturated rings. The summed E-state index contributed by atoms with van der Waals surface area (Å²) in [6.07, 6.45) is 9.15. The van der Waals surface area contributed by atoms with E-state index in [2.05, 4.69) is 21.8 Å². The van der Waals surface area contributed by atoms with Crippen molar-refractivity contribution < 1.29 is 9.59 Å². The van der Waals surface area contributed by atoms with Crippen LogP contribution in [0.5, 0.6) is 0 Å². The van der Waals surface area contributed by atoms with Gasteiger partial charge in [0.2, 0.25) is 0 Å². The molecule has 2 amide bonds. The number of allylic oxidation sites excluding steroid dienone is 2. The predicted octanol–water partition coefficient (Wildman–Crippen LogP) is 5.38. The van der Waals surface area contributed by atoms with E-state index in [4.69, 9.17) is 23.2 Å². The van der Waals surface area contributed by atoms with Crippen molar-refractivity contribution >= 4 is 52.1 Å². The van der Waals surface area contributed by atoms with E-state index >= 15 is 0 Å². The highest BCUT2D eigenvalue weighted by Gasteiger charge is 2.67. The molecule has 2 heterocycles. The minimum Gasteiger partial charge on any atom is -0.342 e. The second kappa shape index (κ2) is 7.30. The van der Waals surface area contributed by atoms with Gasteiger partial charge in [-0.15, -0.1) is 0 Å². The monoisotopic (exact) mass is 489 g/mol. The van der Waals surface area contributed by atoms with Gasteiger partial charge in [0.25, 0.3) is 11.8 Å². The summed E-state index contributed by atoms with van der Waals surface area (Å²) in [5, 5.41) is 7.63. The van der Waals surface area contributed by atoms with Crippen molar-refractivity contribution in [2.75, 3.05) is 0 Å². The van der Waals surface area contributed by atoms with Gasteiger partial charge in [-0.05, 0) is 53.9 Å². The molecule has 0 spiro atoms. The van der Waals surface area contributed by atoms with Crippen LogP contribution >= 0.6 is 23.2 Å². The molecule has 4 aliphatic carbocycles. The Morgan fingerprint density at radius 2 is 1.65 bits per heavy atom. The van der Waals surface area contributed by atoms with E-state index in [-0.39, 0.29) is 35.5 Å². The van der Waals surface area contributed by atoms with E-state index in [0.717, 1.165) is 33.5 Å². The van der Waals surface area contributed by atoms with Gasteiger partial charge < -0.3 is 4.57 Å². The zero-order valence-electron chi connectivity index (χ0n) is 18.1. The number of hydrogen-bond donors (Lipinski definition) is 0. The second-order valence-electron chi connectivity index (χ2n) is 9.87. The van der Waals surface area contributed by atoms with Crippen molar-refractivity contribution in [3.05, 3.63) is 82.0 Å². The molecule has 2 bridgehead atoms. The van der Waals surface area contributed by atoms with Crippen LogP contribution in [-0.2, 0) is 16.1 Å². The van der Waals surface area contributed by atoms with Crippen LogP contribution in [0.3, 0.4) is 0 Å². The van der Waals surface area contributed by atoms with Crippen molar-refractivity contribution in [2.24, 2.45) is 40.6 Å². The van der Waals surface area contributed by atoms with Crippen molar-refractivity contribution in [2.45, 2.75) is 13.0 Å². The number of hydrogen-bond acceptors (Lipinski definition) is 3. The first kappa shape index (κ1) is 20.5. The molecule has 1 aromatic heterocycles. The highest BCUT2D eigenvalue weighted by Crippen LogP contribution is 2.65. The summed E-state index contributed by atoms with van der Waals surface area (Å²) in [6, 6.07) is 13.6. The fourth-order valence-electron chi connectivity index (χ4n) is 6.52. The van der Waals surface area contributed by atoms with Gasteiger partial charge in [0.15, 0.2) is 0 Å². The largest absolute Gasteiger partial charge is 0.342 e. The fraction of sp³-hybridized carbons (Fsp3) is 0.296. The highest BCUT2D eigenvalue weighted by atomic mass is 35.5. The number of benzene rings is 2. The molecule has 2 aromatic carbocycles. The SMILES string of the molecule is O=C1[C@H]2[C@@H]3C=C[C@H]([C@@H]4C[C@H]34)[C@@H]2C(=O)N1/N=C\c1cn(Cc2ccc(Cl)c(Cl)c2)c2ccccc12. The molecule has 0 unspecified atom stereocenters. The van der Waals surface area contributed by atoms with Crippen LogP contribution in [0.4, 0.5) is 0 Å². The van der Waals surface area contributed by atoms with Crippen LogP contribution in [0, 0.1) is 35.5 Å². The maximum atomic E-state index is 13.2. The lowest BCUT2D eigenvalue weighted by molar-refractivity contribution is -0.140. The van der Waals surface area contributed by atoms with E-state index in [0.29, 0.717) is 28.4 Å². The summed E-state index contributed by atoms with van der Waals surface area (Å²) in [5.74, 6) is 0.798. The van der Waals surface area contributed by atoms with Gasteiger partial charge in [-0.25, -0.2) is 0 Å². The number of carbonyl (C=O) groups excluding carboxylic acids is 2. The first-order chi connectivity index (χ1) is 16.5. The van der Waals surface area contributed by atoms with Gasteiger partial charge in [0.05, 0.1) is 28.1 Å². The molecule has 1 saturated heterocycles. The Balaban J connectivity index is 1.20. The minimum absolute atomic E-state index is 0.143. The fourth-order valence-corrected chi connectivity index (χ4v) is 6.84. The average Bonchev–Trinajstić information content (AvgIpc) is 3.55. The standard InChI is InChI=1S/C27H21Cl2N3O2/c28-21-8-5-14(9-22(21)29)12-31-13-15(16-3-1-2-4-23(16)31)11-30-32-26(33)24-17-6-7-18(20-10-19(17)20)25(24)27(32)34/h1-9,11,13,17-20,24-25H,10,12H2/b30-11-/t17-,18-,19-,20+,24+,25+/m1/s1. The summed E-state index contributed by atoms with van der Waals surface area (Å²) < 4.78 is 2.11. The van der Waals surface area contributed by atoms with E-state index in [9.17, 15) is 9.59 Å². The minimum atomic E-state index is -0.237. The number of imide groups is 1. The lowest BCUT2D eigenvalue weighted by Gasteiger charge is -2.37. The molecule has 2 saturated carbocycles. The zero-order chi connectivity index (χ0) is 23.1. The number of carbonyl (C=O) groups is 2. The number of aromatic nitrogens is 1. The van der Waals surface area contributed by atoms with Crippen molar-refractivity contribution in [1.82, 2.24) is 9.58 Å². The Labute approximate surface area is 206 Å². The molecule has 0 radical (unpaired) electrons. The number of hydrazone groups is 1. The number of fused-ring (bicyclic) bond motifs is 1. The summed E-state index contributed by atoms with van der Waals surface area (Å²) in [6.45, 7) is 0.606. The molecule has 5 nitrogen and oxygen atoms in total. The third-order valence-corrected chi connectivity index (χ3v) is 8.85. The van der Waals surface area contributed by atoms with E-state index in [1.807, 2.05) is 42.6 Å². The maximum absolute atomic E-state index is 13.2. The molecule has 5 aliphatic rings. The topological polar surface area (TPSA) is 54.7 Å². The molecule has 34 heavy (non-hydrogen) atoms. The molecule has 0 N–H and O–H groups in total. The number of rotatable bonds is 4. The Kier molecular flexibility index (Phi) is 4.40. The smallest absolute Gasteiger partial charge is 0.254 e. The molecular weight excluding hydrogens is 469 g/mol. The highest BCUT2D eigenvalue weighted by molar-refractivity contribution is 6.42. The van der Waals surface area contributed by atoms with Crippen LogP contribution in [0.2, 0.25) is 10.0 Å². The number of nitrogens with zero attached hydrogens (tertiary/aromatic N) is 3. The van der Waals surface area contributed by atoms with Gasteiger partial charge in [-0.3, -0.25) is 9.59 Å². The maximum Gasteiger partial charge on any atom is 0.254 e. The lowest BCUT2D eigenvalue weighted by atomic mass is 9.63. The lowest BCUT2D eigenvalue weighted by Crippen LogP contribution is -2.40. The van der Waals surface area contributed by atoms with Crippen LogP contribution in [-0.4, -0.2) is 27.6 Å². The van der Waals surface area contributed by atoms with Crippen molar-refractivity contribution in [3.8, 4) is 0 Å². The summed E-state index contributed by atoms with van der Waals surface area (Å²) in [7, 11) is 0. The van der Waals surface area contributed by atoms with Gasteiger partial charge in [-0.1, -0.05) is 59.6 Å². The summed E-state index contributed by atoms with van der Waals surface area (Å²) in [5.41, 5.74) is 2.91. The van der Waals surface area contributed by atoms with Crippen LogP contribution in [0.1, 0.15) is 17.5 Å². The molecular formula is C27H21Cl2N3O2. The van der Waals surface area contributed by atoms with Crippen molar-refractivity contribution in [1.29, 1.82) is 0 Å². The summed E-state index contributed by atoms with van der Waals surface area (Å²) in [4.78, 5) is 26.4. The predicted molar refractivity (Wildman–Crippen MR) is 132 cm³/mol. The van der Waals surface area contributed by atoms with Crippen LogP contribution in [0.25, 0.3) is 10.9 Å². The van der Waals surface area contributed by atoms with Gasteiger partial charge in [0, 0.05) is 29.2 Å². The third kappa shape index (κ3) is 2.90. The molecule has 3 aromatic rings. The Morgan fingerprint density at radius 3 is 2.35 bits per heavy atom. The van der Waals surface area contributed by atoms with Gasteiger partial charge in [0.1, 0.15) is 0 Å². The molecule has 7 heteroatoms. The van der Waals surface area contributed by atoms with Gasteiger partial charge in [-0.2, -0.15) is 10.1 Å². The molecule has 6 atom stereocenters. The van der Waals surface area contributed by atoms with Crippen LogP contribution in [0.15, 0.2) is 65.9 Å². The number of amides is 2. The average molecular weight is 490 g/mol. The Hall–Kier alpha value is -2.89. The number of halogens is 2.